The Labute approximate surface area is 74.7 Å². The second kappa shape index (κ2) is 7.10. The molecule has 0 rings (SSSR count). The zero-order valence-corrected chi connectivity index (χ0v) is 8.02. The number of nitrogens with one attached hydrogen (secondary N) is 2. The van der Waals surface area contributed by atoms with Crippen LogP contribution in [0, 0.1) is 0 Å². The Morgan fingerprint density at radius 1 is 1.42 bits per heavy atom. The Morgan fingerprint density at radius 2 is 2.08 bits per heavy atom. The molecule has 0 aromatic carbocycles. The highest BCUT2D eigenvalue weighted by molar-refractivity contribution is 5.80. The van der Waals surface area contributed by atoms with Crippen LogP contribution in [0.1, 0.15) is 39.5 Å². The smallest absolute Gasteiger partial charge is 0.238 e. The van der Waals surface area contributed by atoms with Gasteiger partial charge in [-0.2, -0.15) is 0 Å². The van der Waals surface area contributed by atoms with E-state index in [1.807, 2.05) is 0 Å². The van der Waals surface area contributed by atoms with Gasteiger partial charge in [-0.1, -0.05) is 26.2 Å². The maximum Gasteiger partial charge on any atom is 0.238 e. The van der Waals surface area contributed by atoms with Crippen molar-refractivity contribution in [1.82, 2.24) is 11.1 Å². The largest absolute Gasteiger partial charge is 0.355 e. The SMILES string of the molecule is CCCCCCNC(=O)C(C)[NH]. The molecule has 71 valence electrons. The standard InChI is InChI=1S/C9H19N2O/c1-3-4-5-6-7-11-9(12)8(2)10/h8,10H,3-7H2,1-2H3,(H,11,12). The van der Waals surface area contributed by atoms with Crippen LogP contribution >= 0.6 is 0 Å². The van der Waals surface area contributed by atoms with Gasteiger partial charge in [0.1, 0.15) is 0 Å². The van der Waals surface area contributed by atoms with Gasteiger partial charge < -0.3 is 5.32 Å². The molecule has 1 atom stereocenters. The van der Waals surface area contributed by atoms with Crippen LogP contribution in [0.2, 0.25) is 0 Å². The molecule has 0 aliphatic rings. The molecule has 0 aliphatic carbocycles. The summed E-state index contributed by atoms with van der Waals surface area (Å²) in [6.07, 6.45) is 4.64. The number of amides is 1. The highest BCUT2D eigenvalue weighted by atomic mass is 16.2. The zero-order valence-electron chi connectivity index (χ0n) is 8.02. The van der Waals surface area contributed by atoms with Crippen molar-refractivity contribution in [3.63, 3.8) is 0 Å². The topological polar surface area (TPSA) is 52.9 Å². The lowest BCUT2D eigenvalue weighted by Gasteiger charge is -2.05. The van der Waals surface area contributed by atoms with Crippen molar-refractivity contribution in [2.24, 2.45) is 0 Å². The normalized spacial score (nSPS) is 12.6. The van der Waals surface area contributed by atoms with E-state index in [1.165, 1.54) is 19.3 Å². The average Bonchev–Trinajstić information content (AvgIpc) is 2.03. The molecule has 1 amide bonds. The summed E-state index contributed by atoms with van der Waals surface area (Å²) in [6.45, 7) is 4.47. The summed E-state index contributed by atoms with van der Waals surface area (Å²) < 4.78 is 0. The summed E-state index contributed by atoms with van der Waals surface area (Å²) in [4.78, 5) is 10.9. The van der Waals surface area contributed by atoms with Crippen molar-refractivity contribution in [3.05, 3.63) is 0 Å². The molecule has 0 heterocycles. The van der Waals surface area contributed by atoms with Gasteiger partial charge >= 0.3 is 0 Å². The lowest BCUT2D eigenvalue weighted by atomic mass is 10.2. The van der Waals surface area contributed by atoms with E-state index in [9.17, 15) is 4.79 Å². The third kappa shape index (κ3) is 6.16. The first-order chi connectivity index (χ1) is 5.68. The molecule has 0 saturated heterocycles. The fourth-order valence-corrected chi connectivity index (χ4v) is 0.916. The first-order valence-corrected chi connectivity index (χ1v) is 4.67. The van der Waals surface area contributed by atoms with Crippen molar-refractivity contribution >= 4 is 5.91 Å². The van der Waals surface area contributed by atoms with Crippen LogP contribution in [0.15, 0.2) is 0 Å². The monoisotopic (exact) mass is 171 g/mol. The van der Waals surface area contributed by atoms with Crippen molar-refractivity contribution < 1.29 is 4.79 Å². The molecule has 0 aromatic rings. The van der Waals surface area contributed by atoms with E-state index in [-0.39, 0.29) is 5.91 Å². The average molecular weight is 171 g/mol. The first-order valence-electron chi connectivity index (χ1n) is 4.67. The van der Waals surface area contributed by atoms with Gasteiger partial charge in [-0.05, 0) is 13.3 Å². The maximum atomic E-state index is 10.9. The summed E-state index contributed by atoms with van der Waals surface area (Å²) in [6, 6.07) is -0.629. The summed E-state index contributed by atoms with van der Waals surface area (Å²) in [7, 11) is 0. The van der Waals surface area contributed by atoms with E-state index in [2.05, 4.69) is 12.2 Å². The van der Waals surface area contributed by atoms with E-state index in [1.54, 1.807) is 6.92 Å². The molecule has 0 saturated carbocycles. The minimum absolute atomic E-state index is 0.161. The van der Waals surface area contributed by atoms with E-state index >= 15 is 0 Å². The van der Waals surface area contributed by atoms with Gasteiger partial charge in [-0.15, -0.1) is 0 Å². The van der Waals surface area contributed by atoms with Gasteiger partial charge in [0.2, 0.25) is 5.91 Å². The fourth-order valence-electron chi connectivity index (χ4n) is 0.916. The van der Waals surface area contributed by atoms with Crippen molar-refractivity contribution in [2.75, 3.05) is 6.54 Å². The molecule has 1 unspecified atom stereocenters. The Hall–Kier alpha value is -0.570. The lowest BCUT2D eigenvalue weighted by molar-refractivity contribution is -0.122. The number of unbranched alkanes of at least 4 members (excludes halogenated alkanes) is 3. The predicted molar refractivity (Wildman–Crippen MR) is 49.7 cm³/mol. The second-order valence-electron chi connectivity index (χ2n) is 3.07. The van der Waals surface area contributed by atoms with Crippen LogP contribution in [0.25, 0.3) is 0 Å². The molecule has 0 spiro atoms. The second-order valence-corrected chi connectivity index (χ2v) is 3.07. The summed E-state index contributed by atoms with van der Waals surface area (Å²) in [5.41, 5.74) is 7.09. The van der Waals surface area contributed by atoms with Crippen LogP contribution in [0.4, 0.5) is 0 Å². The zero-order chi connectivity index (χ0) is 9.40. The van der Waals surface area contributed by atoms with Crippen molar-refractivity contribution in [1.29, 1.82) is 0 Å². The molecule has 0 aliphatic heterocycles. The number of carbonyl (C=O) groups is 1. The number of hydrogen-bond acceptors (Lipinski definition) is 1. The van der Waals surface area contributed by atoms with Crippen LogP contribution in [-0.2, 0) is 4.79 Å². The van der Waals surface area contributed by atoms with Gasteiger partial charge in [0.15, 0.2) is 0 Å². The van der Waals surface area contributed by atoms with Gasteiger partial charge in [-0.25, -0.2) is 5.73 Å². The first kappa shape index (κ1) is 11.4. The highest BCUT2D eigenvalue weighted by Crippen LogP contribution is 1.96. The van der Waals surface area contributed by atoms with Crippen LogP contribution in [0.5, 0.6) is 0 Å². The minimum Gasteiger partial charge on any atom is -0.355 e. The Kier molecular flexibility index (Phi) is 6.76. The molecule has 1 radical (unpaired) electrons. The van der Waals surface area contributed by atoms with E-state index < -0.39 is 6.04 Å². The van der Waals surface area contributed by atoms with E-state index in [4.69, 9.17) is 5.73 Å². The molecule has 12 heavy (non-hydrogen) atoms. The van der Waals surface area contributed by atoms with Gasteiger partial charge in [0, 0.05) is 6.54 Å². The van der Waals surface area contributed by atoms with Gasteiger partial charge in [0.25, 0.3) is 0 Å². The third-order valence-electron chi connectivity index (χ3n) is 1.72. The molecular formula is C9H19N2O. The fraction of sp³-hybridized carbons (Fsp3) is 0.889. The Morgan fingerprint density at radius 3 is 2.58 bits per heavy atom. The molecule has 0 aromatic heterocycles. The summed E-state index contributed by atoms with van der Waals surface area (Å²) in [5, 5.41) is 2.71. The van der Waals surface area contributed by atoms with E-state index in [0.29, 0.717) is 0 Å². The third-order valence-corrected chi connectivity index (χ3v) is 1.72. The maximum absolute atomic E-state index is 10.9. The molecule has 0 bridgehead atoms. The van der Waals surface area contributed by atoms with Crippen molar-refractivity contribution in [2.45, 2.75) is 45.6 Å². The molecule has 3 heteroatoms. The number of hydrogen-bond donors (Lipinski definition) is 1. The minimum atomic E-state index is -0.629. The number of carbonyl (C=O) groups excluding carboxylic acids is 1. The Bertz CT molecular complexity index is 124. The molecule has 2 N–H and O–H groups in total. The van der Waals surface area contributed by atoms with E-state index in [0.717, 1.165) is 13.0 Å². The molecular weight excluding hydrogens is 152 g/mol. The molecule has 0 fully saturated rings. The van der Waals surface area contributed by atoms with Crippen molar-refractivity contribution in [3.8, 4) is 0 Å². The van der Waals surface area contributed by atoms with Crippen LogP contribution < -0.4 is 11.1 Å². The van der Waals surface area contributed by atoms with Crippen LogP contribution in [0.3, 0.4) is 0 Å². The summed E-state index contributed by atoms with van der Waals surface area (Å²) >= 11 is 0. The lowest BCUT2D eigenvalue weighted by Crippen LogP contribution is -2.34. The van der Waals surface area contributed by atoms with Gasteiger partial charge in [0.05, 0.1) is 6.04 Å². The predicted octanol–water partition coefficient (Wildman–Crippen LogP) is 1.35. The number of rotatable bonds is 6. The highest BCUT2D eigenvalue weighted by Gasteiger charge is 2.05. The summed E-state index contributed by atoms with van der Waals surface area (Å²) in [5.74, 6) is -0.161. The Balaban J connectivity index is 3.14. The van der Waals surface area contributed by atoms with Gasteiger partial charge in [-0.3, -0.25) is 4.79 Å². The van der Waals surface area contributed by atoms with Crippen LogP contribution in [-0.4, -0.2) is 18.5 Å². The quantitative estimate of drug-likeness (QED) is 0.603. The molecule has 3 nitrogen and oxygen atoms in total.